The summed E-state index contributed by atoms with van der Waals surface area (Å²) in [4.78, 5) is 0. The molecule has 1 unspecified atom stereocenters. The number of nitriles is 1. The summed E-state index contributed by atoms with van der Waals surface area (Å²) in [5.74, 6) is 0.483. The van der Waals surface area contributed by atoms with Crippen molar-refractivity contribution in [2.45, 2.75) is 39.2 Å². The molecule has 0 aliphatic heterocycles. The molecule has 1 atom stereocenters. The van der Waals surface area contributed by atoms with E-state index in [0.717, 1.165) is 19.3 Å². The normalized spacial score (nSPS) is 12.4. The van der Waals surface area contributed by atoms with Gasteiger partial charge in [0.05, 0.1) is 12.2 Å². The predicted octanol–water partition coefficient (Wildman–Crippen LogP) is 2.09. The topological polar surface area (TPSA) is 67.6 Å². The Morgan fingerprint density at radius 1 is 1.71 bits per heavy atom. The van der Waals surface area contributed by atoms with E-state index in [-0.39, 0.29) is 6.04 Å². The van der Waals surface area contributed by atoms with Gasteiger partial charge in [-0.1, -0.05) is 19.8 Å². The lowest BCUT2D eigenvalue weighted by Crippen LogP contribution is -2.10. The number of hydrogen-bond donors (Lipinski definition) is 1. The van der Waals surface area contributed by atoms with Gasteiger partial charge in [-0.25, -0.2) is 4.68 Å². The van der Waals surface area contributed by atoms with Gasteiger partial charge in [-0.2, -0.15) is 10.4 Å². The van der Waals surface area contributed by atoms with Gasteiger partial charge in [-0.3, -0.25) is 0 Å². The summed E-state index contributed by atoms with van der Waals surface area (Å²) in [6.45, 7) is 4.22. The molecule has 1 rings (SSSR count). The van der Waals surface area contributed by atoms with Gasteiger partial charge >= 0.3 is 0 Å². The van der Waals surface area contributed by atoms with Crippen LogP contribution in [-0.2, 0) is 0 Å². The number of anilines is 1. The maximum atomic E-state index is 8.71. The molecule has 0 aromatic carbocycles. The first kappa shape index (κ1) is 10.6. The molecular formula is C10H16N4. The van der Waals surface area contributed by atoms with Crippen LogP contribution in [0.4, 0.5) is 5.82 Å². The zero-order chi connectivity index (χ0) is 10.6. The van der Waals surface area contributed by atoms with Crippen molar-refractivity contribution < 1.29 is 0 Å². The van der Waals surface area contributed by atoms with Crippen molar-refractivity contribution in [2.75, 3.05) is 5.73 Å². The molecule has 1 aromatic rings. The summed E-state index contributed by atoms with van der Waals surface area (Å²) in [5.41, 5.74) is 6.23. The van der Waals surface area contributed by atoms with E-state index in [0.29, 0.717) is 11.4 Å². The lowest BCUT2D eigenvalue weighted by Gasteiger charge is -2.12. The average molecular weight is 192 g/mol. The SMILES string of the molecule is CCCCC(C)n1ncc(C#N)c1N. The fraction of sp³-hybridized carbons (Fsp3) is 0.600. The molecule has 4 heteroatoms. The van der Waals surface area contributed by atoms with Crippen LogP contribution in [0.1, 0.15) is 44.7 Å². The Morgan fingerprint density at radius 3 is 2.93 bits per heavy atom. The van der Waals surface area contributed by atoms with E-state index in [2.05, 4.69) is 18.9 Å². The van der Waals surface area contributed by atoms with Crippen LogP contribution in [0.5, 0.6) is 0 Å². The van der Waals surface area contributed by atoms with Gasteiger partial charge in [0, 0.05) is 0 Å². The molecule has 0 fully saturated rings. The molecule has 0 saturated heterocycles. The Labute approximate surface area is 84.3 Å². The largest absolute Gasteiger partial charge is 0.383 e. The maximum Gasteiger partial charge on any atom is 0.140 e. The van der Waals surface area contributed by atoms with Crippen molar-refractivity contribution >= 4 is 5.82 Å². The van der Waals surface area contributed by atoms with E-state index in [1.54, 1.807) is 4.68 Å². The van der Waals surface area contributed by atoms with E-state index in [1.807, 2.05) is 6.07 Å². The van der Waals surface area contributed by atoms with E-state index >= 15 is 0 Å². The van der Waals surface area contributed by atoms with Crippen molar-refractivity contribution in [2.24, 2.45) is 0 Å². The Kier molecular flexibility index (Phi) is 3.52. The number of hydrogen-bond acceptors (Lipinski definition) is 3. The first-order valence-electron chi connectivity index (χ1n) is 4.93. The van der Waals surface area contributed by atoms with Gasteiger partial charge < -0.3 is 5.73 Å². The number of nitrogen functional groups attached to an aromatic ring is 1. The van der Waals surface area contributed by atoms with E-state index in [9.17, 15) is 0 Å². The van der Waals surface area contributed by atoms with E-state index in [1.165, 1.54) is 6.20 Å². The van der Waals surface area contributed by atoms with Crippen LogP contribution in [-0.4, -0.2) is 9.78 Å². The van der Waals surface area contributed by atoms with Crippen LogP contribution >= 0.6 is 0 Å². The highest BCUT2D eigenvalue weighted by Gasteiger charge is 2.11. The predicted molar refractivity (Wildman–Crippen MR) is 55.6 cm³/mol. The molecule has 0 spiro atoms. The summed E-state index contributed by atoms with van der Waals surface area (Å²) < 4.78 is 1.73. The van der Waals surface area contributed by atoms with Crippen LogP contribution in [0.2, 0.25) is 0 Å². The van der Waals surface area contributed by atoms with Crippen molar-refractivity contribution in [3.63, 3.8) is 0 Å². The second-order valence-electron chi connectivity index (χ2n) is 3.49. The molecule has 1 heterocycles. The summed E-state index contributed by atoms with van der Waals surface area (Å²) in [7, 11) is 0. The fourth-order valence-electron chi connectivity index (χ4n) is 1.43. The van der Waals surface area contributed by atoms with Crippen LogP contribution in [0.25, 0.3) is 0 Å². The molecular weight excluding hydrogens is 176 g/mol. The van der Waals surface area contributed by atoms with Gasteiger partial charge in [0.15, 0.2) is 0 Å². The van der Waals surface area contributed by atoms with Gasteiger partial charge in [0.1, 0.15) is 17.5 Å². The quantitative estimate of drug-likeness (QED) is 0.794. The summed E-state index contributed by atoms with van der Waals surface area (Å²) in [6.07, 6.45) is 4.89. The van der Waals surface area contributed by atoms with Crippen LogP contribution in [0.3, 0.4) is 0 Å². The zero-order valence-corrected chi connectivity index (χ0v) is 8.70. The third-order valence-corrected chi connectivity index (χ3v) is 2.35. The summed E-state index contributed by atoms with van der Waals surface area (Å²) in [6, 6.07) is 2.29. The minimum Gasteiger partial charge on any atom is -0.383 e. The minimum atomic E-state index is 0.275. The molecule has 0 aliphatic rings. The molecule has 4 nitrogen and oxygen atoms in total. The van der Waals surface area contributed by atoms with Gasteiger partial charge in [-0.05, 0) is 13.3 Å². The summed E-state index contributed by atoms with van der Waals surface area (Å²) >= 11 is 0. The van der Waals surface area contributed by atoms with Gasteiger partial charge in [0.25, 0.3) is 0 Å². The standard InChI is InChI=1S/C10H16N4/c1-3-4-5-8(2)14-10(12)9(6-11)7-13-14/h7-8H,3-5,12H2,1-2H3. The Hall–Kier alpha value is -1.50. The van der Waals surface area contributed by atoms with Crippen molar-refractivity contribution in [1.29, 1.82) is 5.26 Å². The number of nitrogens with zero attached hydrogens (tertiary/aromatic N) is 3. The van der Waals surface area contributed by atoms with E-state index in [4.69, 9.17) is 11.0 Å². The molecule has 2 N–H and O–H groups in total. The molecule has 76 valence electrons. The summed E-state index contributed by atoms with van der Waals surface area (Å²) in [5, 5.41) is 12.8. The number of rotatable bonds is 4. The monoisotopic (exact) mass is 192 g/mol. The van der Waals surface area contributed by atoms with Crippen molar-refractivity contribution in [3.8, 4) is 6.07 Å². The van der Waals surface area contributed by atoms with Crippen molar-refractivity contribution in [1.82, 2.24) is 9.78 Å². The third kappa shape index (κ3) is 2.05. The van der Waals surface area contributed by atoms with E-state index < -0.39 is 0 Å². The van der Waals surface area contributed by atoms with Crippen LogP contribution < -0.4 is 5.73 Å². The number of nitrogens with two attached hydrogens (primary N) is 1. The van der Waals surface area contributed by atoms with Crippen molar-refractivity contribution in [3.05, 3.63) is 11.8 Å². The lowest BCUT2D eigenvalue weighted by molar-refractivity contribution is 0.450. The Bertz CT molecular complexity index is 334. The molecule has 14 heavy (non-hydrogen) atoms. The number of unbranched alkanes of at least 4 members (excludes halogenated alkanes) is 1. The molecule has 0 radical (unpaired) electrons. The van der Waals surface area contributed by atoms with Crippen LogP contribution in [0, 0.1) is 11.3 Å². The molecule has 0 aliphatic carbocycles. The highest BCUT2D eigenvalue weighted by atomic mass is 15.3. The minimum absolute atomic E-state index is 0.275. The molecule has 1 aromatic heterocycles. The third-order valence-electron chi connectivity index (χ3n) is 2.35. The number of aromatic nitrogens is 2. The maximum absolute atomic E-state index is 8.71. The highest BCUT2D eigenvalue weighted by Crippen LogP contribution is 2.19. The fourth-order valence-corrected chi connectivity index (χ4v) is 1.43. The Balaban J connectivity index is 2.76. The smallest absolute Gasteiger partial charge is 0.140 e. The zero-order valence-electron chi connectivity index (χ0n) is 8.70. The molecule has 0 bridgehead atoms. The average Bonchev–Trinajstić information content (AvgIpc) is 2.56. The first-order valence-corrected chi connectivity index (χ1v) is 4.93. The first-order chi connectivity index (χ1) is 6.70. The van der Waals surface area contributed by atoms with Crippen LogP contribution in [0.15, 0.2) is 6.20 Å². The Morgan fingerprint density at radius 2 is 2.43 bits per heavy atom. The molecule has 0 saturated carbocycles. The second-order valence-corrected chi connectivity index (χ2v) is 3.49. The highest BCUT2D eigenvalue weighted by molar-refractivity contribution is 5.47. The lowest BCUT2D eigenvalue weighted by atomic mass is 10.1. The second kappa shape index (κ2) is 4.66. The van der Waals surface area contributed by atoms with Gasteiger partial charge in [-0.15, -0.1) is 0 Å². The van der Waals surface area contributed by atoms with Gasteiger partial charge in [0.2, 0.25) is 0 Å². The molecule has 0 amide bonds.